The van der Waals surface area contributed by atoms with Crippen molar-refractivity contribution in [2.24, 2.45) is 0 Å². The summed E-state index contributed by atoms with van der Waals surface area (Å²) in [7, 11) is 0. The van der Waals surface area contributed by atoms with Crippen molar-refractivity contribution in [3.05, 3.63) is 52.2 Å². The van der Waals surface area contributed by atoms with Gasteiger partial charge in [-0.3, -0.25) is 0 Å². The number of benzene rings is 1. The second-order valence-corrected chi connectivity index (χ2v) is 6.36. The van der Waals surface area contributed by atoms with Crippen molar-refractivity contribution in [1.82, 2.24) is 9.78 Å². The van der Waals surface area contributed by atoms with Crippen LogP contribution in [0.15, 0.2) is 35.0 Å². The molecule has 0 bridgehead atoms. The highest BCUT2D eigenvalue weighted by Crippen LogP contribution is 2.35. The van der Waals surface area contributed by atoms with Crippen LogP contribution in [0, 0.1) is 11.6 Å². The van der Waals surface area contributed by atoms with Gasteiger partial charge >= 0.3 is 0 Å². The van der Waals surface area contributed by atoms with Crippen LogP contribution in [0.3, 0.4) is 0 Å². The summed E-state index contributed by atoms with van der Waals surface area (Å²) in [6.07, 6.45) is 3.02. The maximum Gasteiger partial charge on any atom is 0.151 e. The van der Waals surface area contributed by atoms with Crippen LogP contribution in [0.25, 0.3) is 16.9 Å². The van der Waals surface area contributed by atoms with Crippen molar-refractivity contribution in [2.75, 3.05) is 11.9 Å². The molecule has 1 aliphatic heterocycles. The minimum atomic E-state index is -0.613. The van der Waals surface area contributed by atoms with Gasteiger partial charge in [0.2, 0.25) is 0 Å². The van der Waals surface area contributed by atoms with E-state index < -0.39 is 11.6 Å². The van der Waals surface area contributed by atoms with E-state index in [9.17, 15) is 8.78 Å². The van der Waals surface area contributed by atoms with Crippen LogP contribution in [0.5, 0.6) is 0 Å². The van der Waals surface area contributed by atoms with Crippen LogP contribution in [0.2, 0.25) is 0 Å². The van der Waals surface area contributed by atoms with E-state index in [4.69, 9.17) is 0 Å². The van der Waals surface area contributed by atoms with Gasteiger partial charge in [0.25, 0.3) is 0 Å². The molecule has 0 aliphatic carbocycles. The highest BCUT2D eigenvalue weighted by molar-refractivity contribution is 7.08. The molecule has 0 radical (unpaired) electrons. The van der Waals surface area contributed by atoms with Crippen molar-refractivity contribution in [1.29, 1.82) is 0 Å². The normalized spacial score (nSPS) is 14.2. The number of thiophene rings is 1. The standard InChI is InChI=1S/C17H15F2N3S/c18-12-4-5-15(14(19)9-12)22-17-13(3-1-2-7-20-17)16(21-22)11-6-8-23-10-11/h4-6,8-10,20H,1-3,7H2. The maximum absolute atomic E-state index is 14.2. The summed E-state index contributed by atoms with van der Waals surface area (Å²) in [5, 5.41) is 12.0. The van der Waals surface area contributed by atoms with Gasteiger partial charge in [-0.1, -0.05) is 0 Å². The first kappa shape index (κ1) is 14.4. The number of rotatable bonds is 2. The molecule has 0 amide bonds. The van der Waals surface area contributed by atoms with Gasteiger partial charge < -0.3 is 5.32 Å². The van der Waals surface area contributed by atoms with Crippen molar-refractivity contribution < 1.29 is 8.78 Å². The summed E-state index contributed by atoms with van der Waals surface area (Å²) in [6.45, 7) is 0.824. The summed E-state index contributed by atoms with van der Waals surface area (Å²) in [6, 6.07) is 5.60. The van der Waals surface area contributed by atoms with Crippen molar-refractivity contribution in [3.8, 4) is 16.9 Å². The number of nitrogens with one attached hydrogen (secondary N) is 1. The van der Waals surface area contributed by atoms with Gasteiger partial charge in [-0.25, -0.2) is 13.5 Å². The highest BCUT2D eigenvalue weighted by Gasteiger charge is 2.23. The molecule has 0 spiro atoms. The fourth-order valence-corrected chi connectivity index (χ4v) is 3.60. The van der Waals surface area contributed by atoms with Gasteiger partial charge in [-0.15, -0.1) is 0 Å². The van der Waals surface area contributed by atoms with Gasteiger partial charge in [-0.05, 0) is 42.8 Å². The molecule has 3 heterocycles. The van der Waals surface area contributed by atoms with Gasteiger partial charge in [0.05, 0.1) is 5.69 Å². The third-order valence-corrected chi connectivity index (χ3v) is 4.75. The van der Waals surface area contributed by atoms with Crippen molar-refractivity contribution in [3.63, 3.8) is 0 Å². The zero-order chi connectivity index (χ0) is 15.8. The van der Waals surface area contributed by atoms with Crippen molar-refractivity contribution in [2.45, 2.75) is 19.3 Å². The van der Waals surface area contributed by atoms with E-state index in [-0.39, 0.29) is 5.69 Å². The van der Waals surface area contributed by atoms with E-state index in [1.54, 1.807) is 16.0 Å². The molecule has 3 aromatic rings. The predicted octanol–water partition coefficient (Wildman–Crippen LogP) is 4.63. The Morgan fingerprint density at radius 3 is 2.87 bits per heavy atom. The molecule has 0 unspecified atom stereocenters. The minimum absolute atomic E-state index is 0.263. The molecule has 0 saturated heterocycles. The summed E-state index contributed by atoms with van der Waals surface area (Å²) in [4.78, 5) is 0. The Morgan fingerprint density at radius 1 is 1.17 bits per heavy atom. The van der Waals surface area contributed by atoms with Gasteiger partial charge in [-0.2, -0.15) is 16.4 Å². The number of fused-ring (bicyclic) bond motifs is 1. The van der Waals surface area contributed by atoms with Gasteiger partial charge in [0.15, 0.2) is 5.82 Å². The molecular formula is C17H15F2N3S. The lowest BCUT2D eigenvalue weighted by Gasteiger charge is -2.10. The molecule has 23 heavy (non-hydrogen) atoms. The van der Waals surface area contributed by atoms with Crippen LogP contribution < -0.4 is 5.32 Å². The Balaban J connectivity index is 1.93. The molecule has 0 saturated carbocycles. The molecular weight excluding hydrogens is 316 g/mol. The Morgan fingerprint density at radius 2 is 2.09 bits per heavy atom. The molecule has 6 heteroatoms. The molecule has 1 aromatic carbocycles. The Kier molecular flexibility index (Phi) is 3.61. The summed E-state index contributed by atoms with van der Waals surface area (Å²) in [5.41, 5.74) is 3.28. The average Bonchev–Trinajstić information content (AvgIpc) is 3.10. The number of hydrogen-bond acceptors (Lipinski definition) is 3. The third-order valence-electron chi connectivity index (χ3n) is 4.06. The SMILES string of the molecule is Fc1ccc(-n2nc(-c3ccsc3)c3c2NCCCC3)c(F)c1. The fourth-order valence-electron chi connectivity index (χ4n) is 2.96. The summed E-state index contributed by atoms with van der Waals surface area (Å²) in [5.74, 6) is -0.386. The predicted molar refractivity (Wildman–Crippen MR) is 88.2 cm³/mol. The number of hydrogen-bond donors (Lipinski definition) is 1. The molecule has 2 aromatic heterocycles. The fraction of sp³-hybridized carbons (Fsp3) is 0.235. The van der Waals surface area contributed by atoms with Crippen LogP contribution in [-0.4, -0.2) is 16.3 Å². The van der Waals surface area contributed by atoms with E-state index >= 15 is 0 Å². The molecule has 3 nitrogen and oxygen atoms in total. The molecule has 0 atom stereocenters. The monoisotopic (exact) mass is 331 g/mol. The molecule has 4 rings (SSSR count). The second kappa shape index (κ2) is 5.77. The second-order valence-electron chi connectivity index (χ2n) is 5.58. The first-order valence-electron chi connectivity index (χ1n) is 7.58. The Bertz CT molecular complexity index is 840. The van der Waals surface area contributed by atoms with Crippen LogP contribution in [0.1, 0.15) is 18.4 Å². The van der Waals surface area contributed by atoms with E-state index in [1.807, 2.05) is 16.8 Å². The van der Waals surface area contributed by atoms with E-state index in [0.29, 0.717) is 0 Å². The van der Waals surface area contributed by atoms with Gasteiger partial charge in [0, 0.05) is 29.1 Å². The topological polar surface area (TPSA) is 29.9 Å². The first-order valence-corrected chi connectivity index (χ1v) is 8.52. The van der Waals surface area contributed by atoms with Crippen LogP contribution in [-0.2, 0) is 6.42 Å². The van der Waals surface area contributed by atoms with E-state index in [2.05, 4.69) is 10.4 Å². The number of anilines is 1. The number of nitrogens with zero attached hydrogens (tertiary/aromatic N) is 2. The first-order chi connectivity index (χ1) is 11.2. The zero-order valence-electron chi connectivity index (χ0n) is 12.4. The minimum Gasteiger partial charge on any atom is -0.370 e. The third kappa shape index (κ3) is 2.53. The number of aromatic nitrogens is 2. The maximum atomic E-state index is 14.2. The molecule has 1 aliphatic rings. The zero-order valence-corrected chi connectivity index (χ0v) is 13.2. The van der Waals surface area contributed by atoms with Crippen LogP contribution in [0.4, 0.5) is 14.6 Å². The highest BCUT2D eigenvalue weighted by atomic mass is 32.1. The van der Waals surface area contributed by atoms with E-state index in [1.165, 1.54) is 12.1 Å². The lowest BCUT2D eigenvalue weighted by Crippen LogP contribution is -2.08. The lowest BCUT2D eigenvalue weighted by atomic mass is 10.1. The Hall–Kier alpha value is -2.21. The van der Waals surface area contributed by atoms with Gasteiger partial charge in [0.1, 0.15) is 17.3 Å². The average molecular weight is 331 g/mol. The number of halogens is 2. The van der Waals surface area contributed by atoms with E-state index in [0.717, 1.165) is 54.5 Å². The van der Waals surface area contributed by atoms with Crippen molar-refractivity contribution >= 4 is 17.2 Å². The summed E-state index contributed by atoms with van der Waals surface area (Å²) < 4.78 is 29.0. The Labute approximate surface area is 136 Å². The largest absolute Gasteiger partial charge is 0.370 e. The lowest BCUT2D eigenvalue weighted by molar-refractivity contribution is 0.574. The quantitative estimate of drug-likeness (QED) is 0.742. The smallest absolute Gasteiger partial charge is 0.151 e. The molecule has 0 fully saturated rings. The molecule has 1 N–H and O–H groups in total. The van der Waals surface area contributed by atoms with Crippen LogP contribution >= 0.6 is 11.3 Å². The summed E-state index contributed by atoms with van der Waals surface area (Å²) >= 11 is 1.61. The molecule has 118 valence electrons.